The van der Waals surface area contributed by atoms with Crippen LogP contribution >= 0.6 is 0 Å². The highest BCUT2D eigenvalue weighted by atomic mass is 16.5. The van der Waals surface area contributed by atoms with E-state index in [0.717, 1.165) is 48.9 Å². The van der Waals surface area contributed by atoms with Crippen molar-refractivity contribution in [1.29, 1.82) is 0 Å². The number of ether oxygens (including phenoxy) is 2. The average Bonchev–Trinajstić information content (AvgIpc) is 2.76. The highest BCUT2D eigenvalue weighted by molar-refractivity contribution is 5.62. The summed E-state index contributed by atoms with van der Waals surface area (Å²) in [7, 11) is 1.66. The van der Waals surface area contributed by atoms with Gasteiger partial charge < -0.3 is 14.8 Å². The van der Waals surface area contributed by atoms with Crippen LogP contribution in [0.25, 0.3) is 0 Å². The van der Waals surface area contributed by atoms with Crippen LogP contribution in [0.1, 0.15) is 23.7 Å². The van der Waals surface area contributed by atoms with Crippen LogP contribution in [0, 0.1) is 0 Å². The number of para-hydroxylation sites is 3. The van der Waals surface area contributed by atoms with E-state index in [4.69, 9.17) is 14.5 Å². The summed E-state index contributed by atoms with van der Waals surface area (Å²) in [5.41, 5.74) is 4.36. The highest BCUT2D eigenvalue weighted by Gasteiger charge is 2.20. The smallest absolute Gasteiger partial charge is 0.227 e. The predicted octanol–water partition coefficient (Wildman–Crippen LogP) is 4.19. The lowest BCUT2D eigenvalue weighted by molar-refractivity contribution is 0.237. The molecule has 3 aromatic rings. The molecule has 0 fully saturated rings. The fraction of sp³-hybridized carbons (Fsp3) is 0.304. The number of methoxy groups -OCH3 is 1. The maximum absolute atomic E-state index is 5.77. The predicted molar refractivity (Wildman–Crippen MR) is 114 cm³/mol. The van der Waals surface area contributed by atoms with E-state index >= 15 is 0 Å². The van der Waals surface area contributed by atoms with Gasteiger partial charge in [0.1, 0.15) is 11.5 Å². The molecule has 0 unspecified atom stereocenters. The van der Waals surface area contributed by atoms with Gasteiger partial charge in [-0.15, -0.1) is 0 Å². The zero-order chi connectivity index (χ0) is 20.1. The molecular weight excluding hydrogens is 364 g/mol. The molecule has 0 saturated heterocycles. The number of hydrogen-bond acceptors (Lipinski definition) is 6. The lowest BCUT2D eigenvalue weighted by Crippen LogP contribution is -2.31. The number of nitrogens with zero attached hydrogens (tertiary/aromatic N) is 3. The summed E-state index contributed by atoms with van der Waals surface area (Å²) in [5.74, 6) is 2.34. The Kier molecular flexibility index (Phi) is 5.91. The molecular formula is C23H26N4O2. The lowest BCUT2D eigenvalue weighted by Gasteiger charge is -2.28. The third kappa shape index (κ3) is 4.49. The topological polar surface area (TPSA) is 59.5 Å². The number of aromatic nitrogens is 2. The van der Waals surface area contributed by atoms with Gasteiger partial charge in [0, 0.05) is 43.4 Å². The quantitative estimate of drug-likeness (QED) is 0.653. The van der Waals surface area contributed by atoms with Gasteiger partial charge in [-0.05, 0) is 25.1 Å². The molecule has 1 aliphatic heterocycles. The number of anilines is 2. The third-order valence-corrected chi connectivity index (χ3v) is 5.03. The molecule has 1 aromatic heterocycles. The van der Waals surface area contributed by atoms with Crippen molar-refractivity contribution in [2.45, 2.75) is 26.4 Å². The zero-order valence-corrected chi connectivity index (χ0v) is 16.9. The molecule has 0 bridgehead atoms. The molecule has 6 nitrogen and oxygen atoms in total. The minimum Gasteiger partial charge on any atom is -0.495 e. The molecule has 150 valence electrons. The summed E-state index contributed by atoms with van der Waals surface area (Å²) in [4.78, 5) is 11.7. The Morgan fingerprint density at radius 2 is 1.86 bits per heavy atom. The van der Waals surface area contributed by atoms with Gasteiger partial charge in [0.2, 0.25) is 5.95 Å². The Morgan fingerprint density at radius 3 is 2.69 bits per heavy atom. The molecule has 0 saturated carbocycles. The Balaban J connectivity index is 1.46. The van der Waals surface area contributed by atoms with Gasteiger partial charge in [-0.2, -0.15) is 0 Å². The van der Waals surface area contributed by atoms with Crippen molar-refractivity contribution in [1.82, 2.24) is 14.9 Å². The van der Waals surface area contributed by atoms with Crippen LogP contribution in [-0.4, -0.2) is 35.1 Å². The maximum Gasteiger partial charge on any atom is 0.227 e. The number of fused-ring (bicyclic) bond motifs is 1. The first-order valence-electron chi connectivity index (χ1n) is 9.94. The molecule has 29 heavy (non-hydrogen) atoms. The minimum absolute atomic E-state index is 0.600. The van der Waals surface area contributed by atoms with E-state index in [0.29, 0.717) is 12.6 Å². The first-order chi connectivity index (χ1) is 14.3. The van der Waals surface area contributed by atoms with E-state index in [9.17, 15) is 0 Å². The molecule has 0 amide bonds. The molecule has 0 aliphatic carbocycles. The van der Waals surface area contributed by atoms with Gasteiger partial charge in [0.25, 0.3) is 0 Å². The number of benzene rings is 2. The van der Waals surface area contributed by atoms with Crippen LogP contribution in [0.4, 0.5) is 11.6 Å². The second kappa shape index (κ2) is 8.92. The van der Waals surface area contributed by atoms with E-state index in [1.54, 1.807) is 7.11 Å². The van der Waals surface area contributed by atoms with Crippen molar-refractivity contribution < 1.29 is 9.47 Å². The van der Waals surface area contributed by atoms with Gasteiger partial charge in [-0.25, -0.2) is 9.97 Å². The Labute approximate surface area is 171 Å². The monoisotopic (exact) mass is 390 g/mol. The normalized spacial score (nSPS) is 13.6. The van der Waals surface area contributed by atoms with Crippen LogP contribution in [0.5, 0.6) is 11.5 Å². The zero-order valence-electron chi connectivity index (χ0n) is 16.9. The summed E-state index contributed by atoms with van der Waals surface area (Å²) in [6, 6.07) is 16.0. The SMILES string of the molecule is CCOc1ccccc1CN1CCc2nc(Nc3ccccc3OC)ncc2C1. The van der Waals surface area contributed by atoms with Crippen molar-refractivity contribution in [2.24, 2.45) is 0 Å². The summed E-state index contributed by atoms with van der Waals surface area (Å²) >= 11 is 0. The Morgan fingerprint density at radius 1 is 1.07 bits per heavy atom. The minimum atomic E-state index is 0.600. The standard InChI is InChI=1S/C23H26N4O2/c1-3-29-21-10-6-4-8-17(21)15-27-13-12-19-18(16-27)14-24-23(25-19)26-20-9-5-7-11-22(20)28-2/h4-11,14H,3,12-13,15-16H2,1-2H3,(H,24,25,26). The first-order valence-corrected chi connectivity index (χ1v) is 9.94. The molecule has 0 atom stereocenters. The van der Waals surface area contributed by atoms with E-state index < -0.39 is 0 Å². The number of hydrogen-bond donors (Lipinski definition) is 1. The summed E-state index contributed by atoms with van der Waals surface area (Å²) in [6.45, 7) is 5.34. The van der Waals surface area contributed by atoms with Gasteiger partial charge in [-0.1, -0.05) is 30.3 Å². The van der Waals surface area contributed by atoms with Gasteiger partial charge in [0.05, 0.1) is 25.1 Å². The van der Waals surface area contributed by atoms with Crippen LogP contribution in [0.3, 0.4) is 0 Å². The highest BCUT2D eigenvalue weighted by Crippen LogP contribution is 2.27. The summed E-state index contributed by atoms with van der Waals surface area (Å²) < 4.78 is 11.2. The van der Waals surface area contributed by atoms with Crippen molar-refractivity contribution in [2.75, 3.05) is 25.6 Å². The van der Waals surface area contributed by atoms with Gasteiger partial charge >= 0.3 is 0 Å². The van der Waals surface area contributed by atoms with Crippen molar-refractivity contribution >= 4 is 11.6 Å². The second-order valence-corrected chi connectivity index (χ2v) is 6.99. The molecule has 4 rings (SSSR count). The fourth-order valence-corrected chi connectivity index (χ4v) is 3.61. The molecule has 2 heterocycles. The van der Waals surface area contributed by atoms with Crippen LogP contribution in [-0.2, 0) is 19.5 Å². The third-order valence-electron chi connectivity index (χ3n) is 5.03. The van der Waals surface area contributed by atoms with E-state index in [-0.39, 0.29) is 0 Å². The second-order valence-electron chi connectivity index (χ2n) is 6.99. The number of rotatable bonds is 7. The lowest BCUT2D eigenvalue weighted by atomic mass is 10.1. The summed E-state index contributed by atoms with van der Waals surface area (Å²) in [5, 5.41) is 3.27. The van der Waals surface area contributed by atoms with E-state index in [1.165, 1.54) is 11.1 Å². The van der Waals surface area contributed by atoms with E-state index in [2.05, 4.69) is 27.3 Å². The Bertz CT molecular complexity index is 977. The largest absolute Gasteiger partial charge is 0.495 e. The maximum atomic E-state index is 5.77. The molecule has 2 aromatic carbocycles. The van der Waals surface area contributed by atoms with Crippen molar-refractivity contribution in [3.8, 4) is 11.5 Å². The van der Waals surface area contributed by atoms with E-state index in [1.807, 2.05) is 49.5 Å². The molecule has 1 aliphatic rings. The van der Waals surface area contributed by atoms with Crippen LogP contribution < -0.4 is 14.8 Å². The first kappa shape index (κ1) is 19.2. The number of nitrogens with one attached hydrogen (secondary N) is 1. The molecule has 0 radical (unpaired) electrons. The van der Waals surface area contributed by atoms with Crippen molar-refractivity contribution in [3.63, 3.8) is 0 Å². The molecule has 1 N–H and O–H groups in total. The average molecular weight is 390 g/mol. The van der Waals surface area contributed by atoms with Gasteiger partial charge in [0.15, 0.2) is 0 Å². The van der Waals surface area contributed by atoms with Crippen LogP contribution in [0.15, 0.2) is 54.7 Å². The van der Waals surface area contributed by atoms with Crippen molar-refractivity contribution in [3.05, 3.63) is 71.5 Å². The Hall–Kier alpha value is -3.12. The molecule has 0 spiro atoms. The van der Waals surface area contributed by atoms with Gasteiger partial charge in [-0.3, -0.25) is 4.90 Å². The molecule has 6 heteroatoms. The van der Waals surface area contributed by atoms with Crippen LogP contribution in [0.2, 0.25) is 0 Å². The fourth-order valence-electron chi connectivity index (χ4n) is 3.61. The summed E-state index contributed by atoms with van der Waals surface area (Å²) in [6.07, 6.45) is 2.83.